The highest BCUT2D eigenvalue weighted by Gasteiger charge is 2.44. The van der Waals surface area contributed by atoms with Gasteiger partial charge in [0.1, 0.15) is 5.75 Å². The molecule has 4 rings (SSSR count). The number of aryl methyl sites for hydroxylation is 1. The van der Waals surface area contributed by atoms with Gasteiger partial charge in [-0.2, -0.15) is 0 Å². The first-order chi connectivity index (χ1) is 17.8. The molecule has 0 amide bonds. The van der Waals surface area contributed by atoms with E-state index in [0.717, 1.165) is 42.7 Å². The molecule has 1 aliphatic rings. The number of carbonyl (C=O) groups is 1. The summed E-state index contributed by atoms with van der Waals surface area (Å²) in [4.78, 5) is 13.4. The number of phenolic OH excluding ortho intramolecular Hbond substituents is 1. The molecule has 1 saturated heterocycles. The largest absolute Gasteiger partial charge is 0.508 e. The van der Waals surface area contributed by atoms with Gasteiger partial charge < -0.3 is 15.5 Å². The van der Waals surface area contributed by atoms with Crippen molar-refractivity contribution >= 4 is 5.97 Å². The van der Waals surface area contributed by atoms with E-state index in [0.29, 0.717) is 31.3 Å². The van der Waals surface area contributed by atoms with Gasteiger partial charge >= 0.3 is 5.97 Å². The van der Waals surface area contributed by atoms with Gasteiger partial charge in [-0.25, -0.2) is 4.68 Å². The second kappa shape index (κ2) is 11.8. The maximum atomic E-state index is 10.8. The normalized spacial score (nSPS) is 21.1. The van der Waals surface area contributed by atoms with Crippen LogP contribution in [0.5, 0.6) is 5.75 Å². The SMILES string of the molecule is CCCN1CC(C)NCC1(C)[C@H](c1ccc(-c2nnnn2CCCCC(=O)O)cc1)c1cccc(O)c1. The number of phenols is 1. The number of carboxylic acid groups (broad SMARTS) is 1. The average Bonchev–Trinajstić information content (AvgIpc) is 3.34. The fraction of sp³-hybridized carbons (Fsp3) is 0.500. The lowest BCUT2D eigenvalue weighted by Gasteiger charge is -2.52. The first-order valence-corrected chi connectivity index (χ1v) is 13.2. The molecule has 9 nitrogen and oxygen atoms in total. The van der Waals surface area contributed by atoms with E-state index < -0.39 is 5.97 Å². The van der Waals surface area contributed by atoms with Crippen molar-refractivity contribution in [3.8, 4) is 17.1 Å². The molecule has 0 radical (unpaired) electrons. The first kappa shape index (κ1) is 26.8. The number of unbranched alkanes of at least 4 members (excludes halogenated alkanes) is 1. The summed E-state index contributed by atoms with van der Waals surface area (Å²) < 4.78 is 1.74. The van der Waals surface area contributed by atoms with Crippen molar-refractivity contribution in [3.05, 3.63) is 59.7 Å². The van der Waals surface area contributed by atoms with Crippen molar-refractivity contribution in [1.82, 2.24) is 30.4 Å². The summed E-state index contributed by atoms with van der Waals surface area (Å²) in [6, 6.07) is 16.4. The number of piperazine rings is 1. The molecule has 9 heteroatoms. The zero-order valence-electron chi connectivity index (χ0n) is 22.0. The number of nitrogens with one attached hydrogen (secondary N) is 1. The highest BCUT2D eigenvalue weighted by atomic mass is 16.4. The Labute approximate surface area is 218 Å². The van der Waals surface area contributed by atoms with E-state index in [-0.39, 0.29) is 23.6 Å². The van der Waals surface area contributed by atoms with Crippen LogP contribution < -0.4 is 5.32 Å². The molecular formula is C28H38N6O3. The van der Waals surface area contributed by atoms with Crippen LogP contribution in [0.1, 0.15) is 63.5 Å². The number of aliphatic carboxylic acids is 1. The van der Waals surface area contributed by atoms with Crippen LogP contribution in [0, 0.1) is 0 Å². The molecule has 1 aromatic heterocycles. The molecule has 2 unspecified atom stereocenters. The molecule has 1 aliphatic heterocycles. The molecular weight excluding hydrogens is 468 g/mol. The smallest absolute Gasteiger partial charge is 0.303 e. The van der Waals surface area contributed by atoms with Crippen molar-refractivity contribution in [2.75, 3.05) is 19.6 Å². The standard InChI is InChI=1S/C28H38N6O3/c1-4-15-33-18-20(2)29-19-28(33,3)26(23-8-7-9-24(35)17-23)21-11-13-22(14-12-21)27-30-31-32-34(27)16-6-5-10-25(36)37/h7-9,11-14,17,20,26,29,35H,4-6,10,15-16,18-19H2,1-3H3,(H,36,37)/t20?,26-,28?/m1/s1. The van der Waals surface area contributed by atoms with Gasteiger partial charge in [-0.05, 0) is 73.3 Å². The molecule has 3 atom stereocenters. The molecule has 0 aliphatic carbocycles. The van der Waals surface area contributed by atoms with Crippen molar-refractivity contribution < 1.29 is 15.0 Å². The van der Waals surface area contributed by atoms with E-state index >= 15 is 0 Å². The van der Waals surface area contributed by atoms with Crippen molar-refractivity contribution in [2.24, 2.45) is 0 Å². The number of hydrogen-bond acceptors (Lipinski definition) is 7. The Balaban J connectivity index is 1.65. The van der Waals surface area contributed by atoms with Gasteiger partial charge in [0.25, 0.3) is 0 Å². The maximum Gasteiger partial charge on any atom is 0.303 e. The summed E-state index contributed by atoms with van der Waals surface area (Å²) in [5, 5.41) is 35.1. The second-order valence-corrected chi connectivity index (χ2v) is 10.3. The lowest BCUT2D eigenvalue weighted by Crippen LogP contribution is -2.65. The predicted octanol–water partition coefficient (Wildman–Crippen LogP) is 3.89. The first-order valence-electron chi connectivity index (χ1n) is 13.2. The Kier molecular flexibility index (Phi) is 8.56. The molecule has 1 fully saturated rings. The molecule has 0 saturated carbocycles. The van der Waals surface area contributed by atoms with E-state index in [2.05, 4.69) is 76.8 Å². The van der Waals surface area contributed by atoms with Gasteiger partial charge in [0.2, 0.25) is 0 Å². The van der Waals surface area contributed by atoms with Gasteiger partial charge in [0.15, 0.2) is 5.82 Å². The number of nitrogens with zero attached hydrogens (tertiary/aromatic N) is 5. The van der Waals surface area contributed by atoms with E-state index in [4.69, 9.17) is 5.11 Å². The quantitative estimate of drug-likeness (QED) is 0.335. The summed E-state index contributed by atoms with van der Waals surface area (Å²) in [6.45, 7) is 10.1. The van der Waals surface area contributed by atoms with Crippen LogP contribution in [0.2, 0.25) is 0 Å². The van der Waals surface area contributed by atoms with Gasteiger partial charge in [-0.3, -0.25) is 9.69 Å². The Morgan fingerprint density at radius 1 is 1.16 bits per heavy atom. The van der Waals surface area contributed by atoms with Gasteiger partial charge in [0.05, 0.1) is 0 Å². The zero-order valence-corrected chi connectivity index (χ0v) is 22.0. The zero-order chi connectivity index (χ0) is 26.4. The Morgan fingerprint density at radius 2 is 1.95 bits per heavy atom. The third-order valence-corrected chi connectivity index (χ3v) is 7.39. The summed E-state index contributed by atoms with van der Waals surface area (Å²) in [5.74, 6) is 0.182. The van der Waals surface area contributed by atoms with E-state index in [1.807, 2.05) is 12.1 Å². The number of rotatable bonds is 11. The van der Waals surface area contributed by atoms with Crippen LogP contribution in [-0.2, 0) is 11.3 Å². The summed E-state index contributed by atoms with van der Waals surface area (Å²) >= 11 is 0. The molecule has 3 aromatic rings. The monoisotopic (exact) mass is 506 g/mol. The molecule has 0 bridgehead atoms. The average molecular weight is 507 g/mol. The van der Waals surface area contributed by atoms with E-state index in [1.165, 1.54) is 0 Å². The Hall–Kier alpha value is -3.30. The third-order valence-electron chi connectivity index (χ3n) is 7.39. The van der Waals surface area contributed by atoms with Gasteiger partial charge in [-0.15, -0.1) is 5.10 Å². The van der Waals surface area contributed by atoms with Gasteiger partial charge in [0, 0.05) is 49.1 Å². The van der Waals surface area contributed by atoms with Crippen LogP contribution in [0.25, 0.3) is 11.4 Å². The molecule has 2 heterocycles. The highest BCUT2D eigenvalue weighted by molar-refractivity contribution is 5.66. The van der Waals surface area contributed by atoms with E-state index in [1.54, 1.807) is 10.7 Å². The molecule has 2 aromatic carbocycles. The number of aromatic nitrogens is 4. The van der Waals surface area contributed by atoms with Gasteiger partial charge in [-0.1, -0.05) is 43.3 Å². The summed E-state index contributed by atoms with van der Waals surface area (Å²) in [7, 11) is 0. The molecule has 3 N–H and O–H groups in total. The number of benzene rings is 2. The predicted molar refractivity (Wildman–Crippen MR) is 142 cm³/mol. The lowest BCUT2D eigenvalue weighted by atomic mass is 9.73. The highest BCUT2D eigenvalue weighted by Crippen LogP contribution is 2.41. The van der Waals surface area contributed by atoms with Crippen LogP contribution in [0.4, 0.5) is 0 Å². The number of tetrazole rings is 1. The van der Waals surface area contributed by atoms with Crippen LogP contribution in [-0.4, -0.2) is 72.5 Å². The maximum absolute atomic E-state index is 10.8. The second-order valence-electron chi connectivity index (χ2n) is 10.3. The third kappa shape index (κ3) is 6.17. The molecule has 0 spiro atoms. The summed E-state index contributed by atoms with van der Waals surface area (Å²) in [5.41, 5.74) is 2.96. The van der Waals surface area contributed by atoms with E-state index in [9.17, 15) is 9.90 Å². The Morgan fingerprint density at radius 3 is 2.65 bits per heavy atom. The van der Waals surface area contributed by atoms with Crippen molar-refractivity contribution in [3.63, 3.8) is 0 Å². The number of carboxylic acids is 1. The fourth-order valence-corrected chi connectivity index (χ4v) is 5.54. The van der Waals surface area contributed by atoms with Crippen molar-refractivity contribution in [1.29, 1.82) is 0 Å². The minimum absolute atomic E-state index is 0.0345. The minimum atomic E-state index is -0.789. The lowest BCUT2D eigenvalue weighted by molar-refractivity contribution is -0.137. The number of aromatic hydroxyl groups is 1. The van der Waals surface area contributed by atoms with Crippen molar-refractivity contribution in [2.45, 2.75) is 70.5 Å². The van der Waals surface area contributed by atoms with Crippen LogP contribution in [0.3, 0.4) is 0 Å². The minimum Gasteiger partial charge on any atom is -0.508 e. The topological polar surface area (TPSA) is 116 Å². The number of hydrogen-bond donors (Lipinski definition) is 3. The van der Waals surface area contributed by atoms with Crippen LogP contribution >= 0.6 is 0 Å². The Bertz CT molecular complexity index is 1180. The fourth-order valence-electron chi connectivity index (χ4n) is 5.54. The molecule has 198 valence electrons. The summed E-state index contributed by atoms with van der Waals surface area (Å²) in [6.07, 6.45) is 2.49. The van der Waals surface area contributed by atoms with Crippen LogP contribution in [0.15, 0.2) is 48.5 Å². The molecule has 37 heavy (non-hydrogen) atoms.